The van der Waals surface area contributed by atoms with Gasteiger partial charge in [-0.25, -0.2) is 13.1 Å². The first-order chi connectivity index (χ1) is 12.8. The molecule has 2 N–H and O–H groups in total. The van der Waals surface area contributed by atoms with Crippen molar-refractivity contribution >= 4 is 21.4 Å². The number of hydrogen-bond donors (Lipinski definition) is 2. The number of nitro groups is 1. The third-order valence-corrected chi connectivity index (χ3v) is 8.29. The van der Waals surface area contributed by atoms with Crippen LogP contribution in [0.5, 0.6) is 0 Å². The van der Waals surface area contributed by atoms with Gasteiger partial charge in [0.15, 0.2) is 0 Å². The normalized spacial score (nSPS) is 32.0. The molecule has 0 spiro atoms. The number of benzene rings is 1. The Bertz CT molecular complexity index is 855. The smallest absolute Gasteiger partial charge is 0.293 e. The molecule has 4 rings (SSSR count). The van der Waals surface area contributed by atoms with E-state index in [0.717, 1.165) is 24.2 Å². The van der Waals surface area contributed by atoms with Crippen molar-refractivity contribution in [1.82, 2.24) is 4.72 Å². The van der Waals surface area contributed by atoms with E-state index < -0.39 is 14.9 Å². The van der Waals surface area contributed by atoms with Crippen LogP contribution in [0.25, 0.3) is 0 Å². The summed E-state index contributed by atoms with van der Waals surface area (Å²) in [4.78, 5) is 11.0. The van der Waals surface area contributed by atoms with Gasteiger partial charge < -0.3 is 5.32 Å². The van der Waals surface area contributed by atoms with Crippen LogP contribution in [0.15, 0.2) is 23.1 Å². The van der Waals surface area contributed by atoms with Gasteiger partial charge in [0.2, 0.25) is 10.0 Å². The summed E-state index contributed by atoms with van der Waals surface area (Å²) in [5, 5.41) is 15.0. The largest absolute Gasteiger partial charge is 0.376 e. The predicted molar refractivity (Wildman–Crippen MR) is 103 cm³/mol. The molecule has 0 aromatic heterocycles. The topological polar surface area (TPSA) is 101 Å². The first kappa shape index (κ1) is 18.7. The molecule has 5 atom stereocenters. The van der Waals surface area contributed by atoms with Crippen molar-refractivity contribution in [2.45, 2.75) is 62.9 Å². The summed E-state index contributed by atoms with van der Waals surface area (Å²) in [6.07, 6.45) is 6.23. The van der Waals surface area contributed by atoms with Crippen molar-refractivity contribution in [3.05, 3.63) is 28.3 Å². The number of hydrogen-bond acceptors (Lipinski definition) is 5. The van der Waals surface area contributed by atoms with Gasteiger partial charge in [-0.3, -0.25) is 10.1 Å². The molecule has 0 heterocycles. The van der Waals surface area contributed by atoms with Gasteiger partial charge in [0, 0.05) is 18.2 Å². The second-order valence-corrected chi connectivity index (χ2v) is 10.3. The van der Waals surface area contributed by atoms with Gasteiger partial charge in [-0.1, -0.05) is 6.42 Å². The number of nitro benzene ring substituents is 1. The molecule has 0 unspecified atom stereocenters. The summed E-state index contributed by atoms with van der Waals surface area (Å²) in [6.45, 7) is 3.43. The maximum atomic E-state index is 12.3. The zero-order chi connectivity index (χ0) is 19.3. The number of nitrogens with one attached hydrogen (secondary N) is 2. The van der Waals surface area contributed by atoms with Crippen LogP contribution in [-0.4, -0.2) is 25.4 Å². The molecule has 0 saturated heterocycles. The first-order valence-electron chi connectivity index (χ1n) is 9.83. The zero-order valence-corrected chi connectivity index (χ0v) is 16.5. The Labute approximate surface area is 160 Å². The minimum absolute atomic E-state index is 0.0720. The van der Waals surface area contributed by atoms with Crippen LogP contribution in [0.2, 0.25) is 0 Å². The average molecular weight is 394 g/mol. The van der Waals surface area contributed by atoms with E-state index in [1.165, 1.54) is 37.8 Å². The SMILES string of the molecule is CC(C)NS(=O)(=O)c1ccc(N[C@@H]2C[C@H]3C[C@H]2[C@@H]2CCC[C@@H]32)c([N+](=O)[O-])c1. The van der Waals surface area contributed by atoms with Crippen LogP contribution in [0.1, 0.15) is 46.0 Å². The summed E-state index contributed by atoms with van der Waals surface area (Å²) in [5.74, 6) is 2.95. The second kappa shape index (κ2) is 6.74. The second-order valence-electron chi connectivity index (χ2n) is 8.62. The van der Waals surface area contributed by atoms with Crippen LogP contribution in [0, 0.1) is 33.8 Å². The van der Waals surface area contributed by atoms with Crippen LogP contribution in [0.3, 0.4) is 0 Å². The summed E-state index contributed by atoms with van der Waals surface area (Å²) in [6, 6.07) is 4.14. The van der Waals surface area contributed by atoms with E-state index in [9.17, 15) is 18.5 Å². The van der Waals surface area contributed by atoms with Gasteiger partial charge in [-0.05, 0) is 75.3 Å². The number of sulfonamides is 1. The maximum Gasteiger partial charge on any atom is 0.293 e. The molecule has 2 bridgehead atoms. The maximum absolute atomic E-state index is 12.3. The van der Waals surface area contributed by atoms with E-state index >= 15 is 0 Å². The highest BCUT2D eigenvalue weighted by Gasteiger charge is 2.53. The Hall–Kier alpha value is -1.67. The van der Waals surface area contributed by atoms with Crippen molar-refractivity contribution in [3.63, 3.8) is 0 Å². The van der Waals surface area contributed by atoms with Crippen LogP contribution >= 0.6 is 0 Å². The zero-order valence-electron chi connectivity index (χ0n) is 15.7. The van der Waals surface area contributed by atoms with E-state index in [-0.39, 0.29) is 22.7 Å². The molecule has 0 radical (unpaired) electrons. The highest BCUT2D eigenvalue weighted by Crippen LogP contribution is 2.59. The molecule has 1 aromatic carbocycles. The molecular formula is C19H27N3O4S. The molecular weight excluding hydrogens is 366 g/mol. The molecule has 148 valence electrons. The predicted octanol–water partition coefficient (Wildman–Crippen LogP) is 3.52. The summed E-state index contributed by atoms with van der Waals surface area (Å²) < 4.78 is 27.2. The summed E-state index contributed by atoms with van der Waals surface area (Å²) in [7, 11) is -3.76. The van der Waals surface area contributed by atoms with Gasteiger partial charge in [-0.15, -0.1) is 0 Å². The molecule has 0 amide bonds. The standard InChI is InChI=1S/C19H27N3O4S/c1-11(2)21-27(25,26)13-6-7-17(19(10-13)22(23)24)20-18-9-12-8-16(18)15-5-3-4-14(12)15/h6-7,10-12,14-16,18,20-21H,3-5,8-9H2,1-2H3/t12-,14+,15-,16+,18-/m1/s1. The monoisotopic (exact) mass is 393 g/mol. The Morgan fingerprint density at radius 2 is 1.89 bits per heavy atom. The van der Waals surface area contributed by atoms with Crippen LogP contribution in [-0.2, 0) is 10.0 Å². The lowest BCUT2D eigenvalue weighted by Crippen LogP contribution is -2.34. The molecule has 3 aliphatic rings. The molecule has 1 aromatic rings. The molecule has 3 saturated carbocycles. The van der Waals surface area contributed by atoms with Gasteiger partial charge in [-0.2, -0.15) is 0 Å². The first-order valence-corrected chi connectivity index (χ1v) is 11.3. The number of anilines is 1. The molecule has 8 heteroatoms. The molecule has 27 heavy (non-hydrogen) atoms. The molecule has 3 fully saturated rings. The number of rotatable bonds is 6. The molecule has 0 aliphatic heterocycles. The molecule has 7 nitrogen and oxygen atoms in total. The van der Waals surface area contributed by atoms with Gasteiger partial charge in [0.1, 0.15) is 5.69 Å². The quantitative estimate of drug-likeness (QED) is 0.569. The average Bonchev–Trinajstić information content (AvgIpc) is 3.26. The van der Waals surface area contributed by atoms with Gasteiger partial charge in [0.25, 0.3) is 5.69 Å². The fourth-order valence-electron chi connectivity index (χ4n) is 5.76. The Morgan fingerprint density at radius 1 is 1.15 bits per heavy atom. The fourth-order valence-corrected chi connectivity index (χ4v) is 7.03. The highest BCUT2D eigenvalue weighted by atomic mass is 32.2. The van der Waals surface area contributed by atoms with E-state index in [1.807, 2.05) is 0 Å². The van der Waals surface area contributed by atoms with Crippen molar-refractivity contribution in [2.75, 3.05) is 5.32 Å². The molecule has 3 aliphatic carbocycles. The number of fused-ring (bicyclic) bond motifs is 5. The van der Waals surface area contributed by atoms with Gasteiger partial charge >= 0.3 is 0 Å². The Balaban J connectivity index is 1.58. The van der Waals surface area contributed by atoms with E-state index in [2.05, 4.69) is 10.0 Å². The van der Waals surface area contributed by atoms with Crippen LogP contribution < -0.4 is 10.0 Å². The summed E-state index contributed by atoms with van der Waals surface area (Å²) in [5.41, 5.74) is 0.253. The lowest BCUT2D eigenvalue weighted by molar-refractivity contribution is -0.384. The van der Waals surface area contributed by atoms with E-state index in [4.69, 9.17) is 0 Å². The number of nitrogens with zero attached hydrogens (tertiary/aromatic N) is 1. The van der Waals surface area contributed by atoms with Crippen molar-refractivity contribution < 1.29 is 13.3 Å². The van der Waals surface area contributed by atoms with Crippen molar-refractivity contribution in [2.24, 2.45) is 23.7 Å². The summed E-state index contributed by atoms with van der Waals surface area (Å²) >= 11 is 0. The third-order valence-electron chi connectivity index (χ3n) is 6.64. The van der Waals surface area contributed by atoms with Gasteiger partial charge in [0.05, 0.1) is 9.82 Å². The van der Waals surface area contributed by atoms with Crippen LogP contribution in [0.4, 0.5) is 11.4 Å². The third kappa shape index (κ3) is 3.33. The fraction of sp³-hybridized carbons (Fsp3) is 0.684. The van der Waals surface area contributed by atoms with E-state index in [1.54, 1.807) is 19.9 Å². The lowest BCUT2D eigenvalue weighted by Gasteiger charge is -2.32. The minimum Gasteiger partial charge on any atom is -0.376 e. The van der Waals surface area contributed by atoms with Crippen molar-refractivity contribution in [1.29, 1.82) is 0 Å². The Kier molecular flexibility index (Phi) is 4.66. The highest BCUT2D eigenvalue weighted by molar-refractivity contribution is 7.89. The Morgan fingerprint density at radius 3 is 2.59 bits per heavy atom. The van der Waals surface area contributed by atoms with E-state index in [0.29, 0.717) is 11.6 Å². The minimum atomic E-state index is -3.76. The van der Waals surface area contributed by atoms with Crippen molar-refractivity contribution in [3.8, 4) is 0 Å². The lowest BCUT2D eigenvalue weighted by atomic mass is 9.79.